The molecule has 0 atom stereocenters. The average Bonchev–Trinajstić information content (AvgIpc) is 3.25. The van der Waals surface area contributed by atoms with Crippen molar-refractivity contribution in [2.24, 2.45) is 0 Å². The van der Waals surface area contributed by atoms with Crippen molar-refractivity contribution in [3.63, 3.8) is 0 Å². The number of hydrogen-bond donors (Lipinski definition) is 0. The Hall–Kier alpha value is -1.91. The molecule has 0 amide bonds. The van der Waals surface area contributed by atoms with Gasteiger partial charge in [-0.2, -0.15) is 0 Å². The molecule has 3 aromatic rings. The number of rotatable bonds is 4. The SMILES string of the molecule is Clc1cc(Oc2sc(C3CCCC3)nc2-c2ccccc2)ccn1. The highest BCUT2D eigenvalue weighted by Gasteiger charge is 2.24. The lowest BCUT2D eigenvalue weighted by atomic mass is 10.1. The molecule has 0 aliphatic heterocycles. The van der Waals surface area contributed by atoms with Gasteiger partial charge in [-0.25, -0.2) is 9.97 Å². The third-order valence-electron chi connectivity index (χ3n) is 4.27. The van der Waals surface area contributed by atoms with Gasteiger partial charge in [0.2, 0.25) is 5.06 Å². The van der Waals surface area contributed by atoms with Crippen LogP contribution in [0.1, 0.15) is 36.6 Å². The van der Waals surface area contributed by atoms with Crippen molar-refractivity contribution in [2.45, 2.75) is 31.6 Å². The summed E-state index contributed by atoms with van der Waals surface area (Å²) in [7, 11) is 0. The summed E-state index contributed by atoms with van der Waals surface area (Å²) in [6.07, 6.45) is 6.69. The molecule has 24 heavy (non-hydrogen) atoms. The molecule has 1 aromatic carbocycles. The van der Waals surface area contributed by atoms with Crippen LogP contribution in [0.25, 0.3) is 11.3 Å². The van der Waals surface area contributed by atoms with Gasteiger partial charge < -0.3 is 4.74 Å². The van der Waals surface area contributed by atoms with E-state index in [2.05, 4.69) is 17.1 Å². The van der Waals surface area contributed by atoms with Crippen LogP contribution in [-0.4, -0.2) is 9.97 Å². The summed E-state index contributed by atoms with van der Waals surface area (Å²) in [5, 5.41) is 2.43. The standard InChI is InChI=1S/C19H17ClN2OS/c20-16-12-15(10-11-21-16)23-19-17(13-6-2-1-3-7-13)22-18(24-19)14-8-4-5-9-14/h1-3,6-7,10-12,14H,4-5,8-9H2. The third-order valence-corrected chi connectivity index (χ3v) is 5.58. The molecule has 1 fully saturated rings. The fraction of sp³-hybridized carbons (Fsp3) is 0.263. The number of thiazole rings is 1. The molecule has 1 aliphatic rings. The topological polar surface area (TPSA) is 35.0 Å². The number of ether oxygens (including phenoxy) is 1. The maximum atomic E-state index is 6.12. The van der Waals surface area contributed by atoms with E-state index in [1.807, 2.05) is 24.3 Å². The third kappa shape index (κ3) is 3.30. The number of halogens is 1. The van der Waals surface area contributed by atoms with Crippen LogP contribution in [0, 0.1) is 0 Å². The van der Waals surface area contributed by atoms with Crippen LogP contribution in [0.5, 0.6) is 10.8 Å². The van der Waals surface area contributed by atoms with E-state index in [-0.39, 0.29) is 0 Å². The van der Waals surface area contributed by atoms with Gasteiger partial charge in [0.05, 0.1) is 0 Å². The van der Waals surface area contributed by atoms with Gasteiger partial charge in [0, 0.05) is 23.7 Å². The minimum atomic E-state index is 0.425. The van der Waals surface area contributed by atoms with Crippen LogP contribution in [0.4, 0.5) is 0 Å². The molecule has 2 aromatic heterocycles. The van der Waals surface area contributed by atoms with Crippen molar-refractivity contribution < 1.29 is 4.74 Å². The molecule has 1 aliphatic carbocycles. The molecule has 0 N–H and O–H groups in total. The second-order valence-electron chi connectivity index (χ2n) is 5.95. The summed E-state index contributed by atoms with van der Waals surface area (Å²) >= 11 is 7.63. The van der Waals surface area contributed by atoms with Crippen molar-refractivity contribution in [1.82, 2.24) is 9.97 Å². The van der Waals surface area contributed by atoms with Crippen molar-refractivity contribution >= 4 is 22.9 Å². The average molecular weight is 357 g/mol. The largest absolute Gasteiger partial charge is 0.444 e. The highest BCUT2D eigenvalue weighted by Crippen LogP contribution is 2.44. The smallest absolute Gasteiger partial charge is 0.208 e. The molecule has 122 valence electrons. The molecule has 5 heteroatoms. The quantitative estimate of drug-likeness (QED) is 0.514. The maximum absolute atomic E-state index is 6.12. The number of aromatic nitrogens is 2. The maximum Gasteiger partial charge on any atom is 0.208 e. The Balaban J connectivity index is 1.73. The lowest BCUT2D eigenvalue weighted by molar-refractivity contribution is 0.496. The normalized spacial score (nSPS) is 14.9. The lowest BCUT2D eigenvalue weighted by Crippen LogP contribution is -1.90. The van der Waals surface area contributed by atoms with Crippen molar-refractivity contribution in [3.05, 3.63) is 58.8 Å². The van der Waals surface area contributed by atoms with Crippen LogP contribution >= 0.6 is 22.9 Å². The minimum absolute atomic E-state index is 0.425. The van der Waals surface area contributed by atoms with E-state index < -0.39 is 0 Å². The molecule has 0 saturated heterocycles. The zero-order valence-electron chi connectivity index (χ0n) is 13.1. The van der Waals surface area contributed by atoms with Gasteiger partial charge in [0.15, 0.2) is 0 Å². The lowest BCUT2D eigenvalue weighted by Gasteiger charge is -2.05. The first kappa shape index (κ1) is 15.6. The second kappa shape index (κ2) is 6.91. The Morgan fingerprint density at radius 3 is 2.62 bits per heavy atom. The predicted molar refractivity (Wildman–Crippen MR) is 98.1 cm³/mol. The molecule has 3 nitrogen and oxygen atoms in total. The Kier molecular flexibility index (Phi) is 4.50. The van der Waals surface area contributed by atoms with E-state index in [1.165, 1.54) is 30.7 Å². The minimum Gasteiger partial charge on any atom is -0.444 e. The van der Waals surface area contributed by atoms with Crippen LogP contribution in [0.3, 0.4) is 0 Å². The van der Waals surface area contributed by atoms with E-state index in [1.54, 1.807) is 23.6 Å². The number of nitrogens with zero attached hydrogens (tertiary/aromatic N) is 2. The number of benzene rings is 1. The van der Waals surface area contributed by atoms with Crippen LogP contribution < -0.4 is 4.74 Å². The molecule has 0 radical (unpaired) electrons. The fourth-order valence-electron chi connectivity index (χ4n) is 3.07. The first-order chi connectivity index (χ1) is 11.8. The zero-order valence-corrected chi connectivity index (χ0v) is 14.7. The van der Waals surface area contributed by atoms with Crippen LogP contribution in [0.15, 0.2) is 48.7 Å². The van der Waals surface area contributed by atoms with Crippen molar-refractivity contribution in [1.29, 1.82) is 0 Å². The van der Waals surface area contributed by atoms with Gasteiger partial charge in [-0.15, -0.1) is 0 Å². The molecular formula is C19H17ClN2OS. The predicted octanol–water partition coefficient (Wildman–Crippen LogP) is 6.31. The molecule has 0 unspecified atom stereocenters. The Morgan fingerprint density at radius 1 is 1.08 bits per heavy atom. The zero-order chi connectivity index (χ0) is 16.4. The second-order valence-corrected chi connectivity index (χ2v) is 7.33. The van der Waals surface area contributed by atoms with E-state index in [9.17, 15) is 0 Å². The van der Waals surface area contributed by atoms with E-state index in [0.717, 1.165) is 16.3 Å². The van der Waals surface area contributed by atoms with Gasteiger partial charge in [-0.3, -0.25) is 0 Å². The summed E-state index contributed by atoms with van der Waals surface area (Å²) in [5.74, 6) is 1.25. The van der Waals surface area contributed by atoms with Crippen LogP contribution in [0.2, 0.25) is 5.15 Å². The van der Waals surface area contributed by atoms with Crippen molar-refractivity contribution in [2.75, 3.05) is 0 Å². The van der Waals surface area contributed by atoms with E-state index in [4.69, 9.17) is 21.3 Å². The molecule has 0 spiro atoms. The Morgan fingerprint density at radius 2 is 1.88 bits per heavy atom. The van der Waals surface area contributed by atoms with Crippen molar-refractivity contribution in [3.8, 4) is 22.1 Å². The highest BCUT2D eigenvalue weighted by atomic mass is 35.5. The van der Waals surface area contributed by atoms with Gasteiger partial charge >= 0.3 is 0 Å². The first-order valence-electron chi connectivity index (χ1n) is 8.15. The molecule has 1 saturated carbocycles. The Labute approximate surface area is 150 Å². The number of hydrogen-bond acceptors (Lipinski definition) is 4. The first-order valence-corrected chi connectivity index (χ1v) is 9.34. The molecule has 2 heterocycles. The van der Waals surface area contributed by atoms with E-state index >= 15 is 0 Å². The summed E-state index contributed by atoms with van der Waals surface area (Å²) in [6, 6.07) is 13.7. The van der Waals surface area contributed by atoms with E-state index in [0.29, 0.717) is 16.8 Å². The molecule has 0 bridgehead atoms. The monoisotopic (exact) mass is 356 g/mol. The summed E-state index contributed by atoms with van der Waals surface area (Å²) in [4.78, 5) is 8.93. The summed E-state index contributed by atoms with van der Waals surface area (Å²) in [6.45, 7) is 0. The number of pyridine rings is 1. The van der Waals surface area contributed by atoms with Gasteiger partial charge in [0.1, 0.15) is 21.6 Å². The fourth-order valence-corrected chi connectivity index (χ4v) is 4.36. The summed E-state index contributed by atoms with van der Waals surface area (Å²) in [5.41, 5.74) is 1.99. The van der Waals surface area contributed by atoms with Gasteiger partial charge in [0.25, 0.3) is 0 Å². The molecular weight excluding hydrogens is 340 g/mol. The van der Waals surface area contributed by atoms with Gasteiger partial charge in [-0.05, 0) is 18.9 Å². The Bertz CT molecular complexity index is 828. The highest BCUT2D eigenvalue weighted by molar-refractivity contribution is 7.14. The molecule has 4 rings (SSSR count). The van der Waals surface area contributed by atoms with Crippen LogP contribution in [-0.2, 0) is 0 Å². The summed E-state index contributed by atoms with van der Waals surface area (Å²) < 4.78 is 6.12. The van der Waals surface area contributed by atoms with Gasteiger partial charge in [-0.1, -0.05) is 66.1 Å².